The van der Waals surface area contributed by atoms with Gasteiger partial charge in [0.15, 0.2) is 5.96 Å². The van der Waals surface area contributed by atoms with Gasteiger partial charge in [0.1, 0.15) is 5.60 Å². The summed E-state index contributed by atoms with van der Waals surface area (Å²) in [5.74, 6) is 0.514. The molecule has 0 spiro atoms. The zero-order valence-electron chi connectivity index (χ0n) is 16.5. The Hall–Kier alpha value is -1.65. The zero-order valence-corrected chi connectivity index (χ0v) is 19.6. The molecule has 0 aliphatic carbocycles. The van der Waals surface area contributed by atoms with Gasteiger partial charge in [0.05, 0.1) is 6.54 Å². The van der Waals surface area contributed by atoms with Gasteiger partial charge in [0, 0.05) is 25.2 Å². The predicted octanol–water partition coefficient (Wildman–Crippen LogP) is 2.87. The Morgan fingerprint density at radius 2 is 1.96 bits per heavy atom. The molecule has 154 valence electrons. The molecule has 0 aliphatic heterocycles. The summed E-state index contributed by atoms with van der Waals surface area (Å²) < 4.78 is 0. The summed E-state index contributed by atoms with van der Waals surface area (Å²) in [4.78, 5) is 16.6. The van der Waals surface area contributed by atoms with Crippen molar-refractivity contribution in [3.05, 3.63) is 57.8 Å². The number of carbonyl (C=O) groups is 1. The Morgan fingerprint density at radius 3 is 2.61 bits per heavy atom. The van der Waals surface area contributed by atoms with E-state index in [0.29, 0.717) is 31.2 Å². The first kappa shape index (κ1) is 24.4. The van der Waals surface area contributed by atoms with Crippen LogP contribution in [-0.2, 0) is 5.60 Å². The van der Waals surface area contributed by atoms with Crippen LogP contribution in [0.5, 0.6) is 0 Å². The third-order valence-electron chi connectivity index (χ3n) is 4.02. The number of aliphatic hydroxyl groups is 1. The second-order valence-corrected chi connectivity index (χ2v) is 7.31. The molecule has 0 saturated carbocycles. The standard InChI is InChI=1S/C20H28N4O2S.HI/c1-4-21-19(24-14-20(3,26)17-8-11-27-13-17)23-10-9-22-18(25)16-7-5-6-15(2)12-16;/h5-8,11-13,26H,4,9-10,14H2,1-3H3,(H,22,25)(H2,21,23,24);1H. The summed E-state index contributed by atoms with van der Waals surface area (Å²) in [7, 11) is 0. The number of aryl methyl sites for hydroxylation is 1. The van der Waals surface area contributed by atoms with Crippen molar-refractivity contribution in [1.29, 1.82) is 0 Å². The molecule has 2 aromatic rings. The molecule has 0 radical (unpaired) electrons. The molecule has 1 aromatic heterocycles. The third kappa shape index (κ3) is 7.76. The highest BCUT2D eigenvalue weighted by Gasteiger charge is 2.23. The smallest absolute Gasteiger partial charge is 0.251 e. The highest BCUT2D eigenvalue weighted by Crippen LogP contribution is 2.23. The van der Waals surface area contributed by atoms with E-state index in [-0.39, 0.29) is 36.4 Å². The fraction of sp³-hybridized carbons (Fsp3) is 0.400. The molecule has 6 nitrogen and oxygen atoms in total. The van der Waals surface area contributed by atoms with Gasteiger partial charge in [0.2, 0.25) is 0 Å². The maximum Gasteiger partial charge on any atom is 0.251 e. The van der Waals surface area contributed by atoms with Crippen LogP contribution in [0.3, 0.4) is 0 Å². The number of carbonyl (C=O) groups excluding carboxylic acids is 1. The first-order valence-corrected chi connectivity index (χ1v) is 9.99. The normalized spacial score (nSPS) is 13.2. The molecule has 1 atom stereocenters. The summed E-state index contributed by atoms with van der Waals surface area (Å²) in [5, 5.41) is 23.6. The molecule has 4 N–H and O–H groups in total. The summed E-state index contributed by atoms with van der Waals surface area (Å²) in [6.45, 7) is 7.65. The van der Waals surface area contributed by atoms with Gasteiger partial charge >= 0.3 is 0 Å². The molecular weight excluding hydrogens is 487 g/mol. The van der Waals surface area contributed by atoms with E-state index in [0.717, 1.165) is 11.1 Å². The number of hydrogen-bond acceptors (Lipinski definition) is 4. The van der Waals surface area contributed by atoms with Crippen molar-refractivity contribution in [2.24, 2.45) is 4.99 Å². The molecule has 0 bridgehead atoms. The average molecular weight is 516 g/mol. The molecule has 1 unspecified atom stereocenters. The number of benzene rings is 1. The molecule has 8 heteroatoms. The molecule has 0 saturated heterocycles. The van der Waals surface area contributed by atoms with Crippen molar-refractivity contribution in [2.75, 3.05) is 26.2 Å². The van der Waals surface area contributed by atoms with Crippen molar-refractivity contribution >= 4 is 47.2 Å². The van der Waals surface area contributed by atoms with Gasteiger partial charge in [-0.25, -0.2) is 4.99 Å². The fourth-order valence-corrected chi connectivity index (χ4v) is 3.27. The molecule has 1 amide bonds. The van der Waals surface area contributed by atoms with Gasteiger partial charge in [0.25, 0.3) is 5.91 Å². The lowest BCUT2D eigenvalue weighted by Crippen LogP contribution is -2.42. The molecule has 1 heterocycles. The maximum absolute atomic E-state index is 12.1. The van der Waals surface area contributed by atoms with Crippen LogP contribution < -0.4 is 16.0 Å². The number of hydrogen-bond donors (Lipinski definition) is 4. The van der Waals surface area contributed by atoms with Crippen LogP contribution in [0.25, 0.3) is 0 Å². The molecule has 28 heavy (non-hydrogen) atoms. The number of nitrogens with zero attached hydrogens (tertiary/aromatic N) is 1. The summed E-state index contributed by atoms with van der Waals surface area (Å²) in [5.41, 5.74) is 1.56. The fourth-order valence-electron chi connectivity index (χ4n) is 2.48. The second-order valence-electron chi connectivity index (χ2n) is 6.53. The van der Waals surface area contributed by atoms with Crippen molar-refractivity contribution in [3.8, 4) is 0 Å². The number of aliphatic imine (C=N–C) groups is 1. The number of thiophene rings is 1. The van der Waals surface area contributed by atoms with E-state index in [1.165, 1.54) is 0 Å². The average Bonchev–Trinajstić information content (AvgIpc) is 3.18. The van der Waals surface area contributed by atoms with E-state index in [2.05, 4.69) is 20.9 Å². The van der Waals surface area contributed by atoms with Gasteiger partial charge in [-0.1, -0.05) is 17.7 Å². The Labute approximate surface area is 187 Å². The monoisotopic (exact) mass is 516 g/mol. The van der Waals surface area contributed by atoms with Gasteiger partial charge in [-0.2, -0.15) is 11.3 Å². The summed E-state index contributed by atoms with van der Waals surface area (Å²) in [6, 6.07) is 9.40. The third-order valence-corrected chi connectivity index (χ3v) is 4.70. The lowest BCUT2D eigenvalue weighted by molar-refractivity contribution is 0.0677. The number of amides is 1. The molecule has 2 rings (SSSR count). The first-order chi connectivity index (χ1) is 12.9. The molecular formula is C20H29IN4O2S. The minimum Gasteiger partial charge on any atom is -0.383 e. The lowest BCUT2D eigenvalue weighted by atomic mass is 10.00. The topological polar surface area (TPSA) is 85.8 Å². The van der Waals surface area contributed by atoms with Crippen LogP contribution in [0.2, 0.25) is 0 Å². The van der Waals surface area contributed by atoms with E-state index in [4.69, 9.17) is 0 Å². The Morgan fingerprint density at radius 1 is 1.21 bits per heavy atom. The summed E-state index contributed by atoms with van der Waals surface area (Å²) in [6.07, 6.45) is 0. The first-order valence-electron chi connectivity index (χ1n) is 9.04. The zero-order chi connectivity index (χ0) is 19.7. The Balaban J connectivity index is 0.00000392. The van der Waals surface area contributed by atoms with Crippen molar-refractivity contribution < 1.29 is 9.90 Å². The number of halogens is 1. The largest absolute Gasteiger partial charge is 0.383 e. The minimum absolute atomic E-state index is 0. The van der Waals surface area contributed by atoms with Crippen molar-refractivity contribution in [3.63, 3.8) is 0 Å². The molecule has 0 aliphatic rings. The van der Waals surface area contributed by atoms with E-state index in [9.17, 15) is 9.90 Å². The van der Waals surface area contributed by atoms with Gasteiger partial charge in [-0.3, -0.25) is 4.79 Å². The number of guanidine groups is 1. The quantitative estimate of drug-likeness (QED) is 0.188. The molecule has 1 aromatic carbocycles. The molecule has 0 fully saturated rings. The van der Waals surface area contributed by atoms with Gasteiger partial charge in [-0.05, 0) is 55.3 Å². The summed E-state index contributed by atoms with van der Waals surface area (Å²) >= 11 is 1.55. The SMILES string of the molecule is CCNC(=NCC(C)(O)c1ccsc1)NCCNC(=O)c1cccc(C)c1.I. The minimum atomic E-state index is -1.01. The number of nitrogens with one attached hydrogen (secondary N) is 3. The van der Waals surface area contributed by atoms with Crippen LogP contribution in [0.15, 0.2) is 46.1 Å². The van der Waals surface area contributed by atoms with Gasteiger partial charge < -0.3 is 21.1 Å². The van der Waals surface area contributed by atoms with E-state index >= 15 is 0 Å². The van der Waals surface area contributed by atoms with Crippen molar-refractivity contribution in [2.45, 2.75) is 26.4 Å². The van der Waals surface area contributed by atoms with Crippen molar-refractivity contribution in [1.82, 2.24) is 16.0 Å². The van der Waals surface area contributed by atoms with Crippen LogP contribution >= 0.6 is 35.3 Å². The van der Waals surface area contributed by atoms with Gasteiger partial charge in [-0.15, -0.1) is 24.0 Å². The predicted molar refractivity (Wildman–Crippen MR) is 127 cm³/mol. The van der Waals surface area contributed by atoms with Crippen LogP contribution in [0.4, 0.5) is 0 Å². The lowest BCUT2D eigenvalue weighted by Gasteiger charge is -2.21. The Bertz CT molecular complexity index is 763. The second kappa shape index (κ2) is 12.0. The highest BCUT2D eigenvalue weighted by atomic mass is 127. The maximum atomic E-state index is 12.1. The van der Waals surface area contributed by atoms with Crippen LogP contribution in [-0.4, -0.2) is 43.2 Å². The van der Waals surface area contributed by atoms with E-state index in [1.807, 2.05) is 48.9 Å². The van der Waals surface area contributed by atoms with E-state index < -0.39 is 5.60 Å². The van der Waals surface area contributed by atoms with E-state index in [1.54, 1.807) is 24.3 Å². The Kier molecular flexibility index (Phi) is 10.5. The van der Waals surface area contributed by atoms with Crippen LogP contribution in [0, 0.1) is 6.92 Å². The number of rotatable bonds is 8. The van der Waals surface area contributed by atoms with Crippen LogP contribution in [0.1, 0.15) is 35.3 Å². The highest BCUT2D eigenvalue weighted by molar-refractivity contribution is 14.0.